The van der Waals surface area contributed by atoms with Crippen molar-refractivity contribution in [3.8, 4) is 0 Å². The Morgan fingerprint density at radius 1 is 1.04 bits per heavy atom. The van der Waals surface area contributed by atoms with Crippen LogP contribution >= 0.6 is 11.8 Å². The molecule has 4 nitrogen and oxygen atoms in total. The summed E-state index contributed by atoms with van der Waals surface area (Å²) in [6, 6.07) is 20.0. The summed E-state index contributed by atoms with van der Waals surface area (Å²) in [5.41, 5.74) is 2.29. The second-order valence-corrected chi connectivity index (χ2v) is 10.3. The predicted octanol–water partition coefficient (Wildman–Crippen LogP) is 3.20. The molecule has 0 radical (unpaired) electrons. The molecule has 0 aliphatic carbocycles. The minimum atomic E-state index is -3.00. The van der Waals surface area contributed by atoms with Gasteiger partial charge in [0.1, 0.15) is 0 Å². The number of nitrogens with one attached hydrogen (secondary N) is 1. The van der Waals surface area contributed by atoms with Gasteiger partial charge >= 0.3 is 0 Å². The Morgan fingerprint density at radius 2 is 1.58 bits per heavy atom. The zero-order valence-electron chi connectivity index (χ0n) is 14.7. The molecule has 2 aromatic rings. The summed E-state index contributed by atoms with van der Waals surface area (Å²) in [5, 5.41) is 2.66. The van der Waals surface area contributed by atoms with Crippen molar-refractivity contribution in [3.05, 3.63) is 71.8 Å². The van der Waals surface area contributed by atoms with Gasteiger partial charge in [-0.1, -0.05) is 60.7 Å². The summed E-state index contributed by atoms with van der Waals surface area (Å²) in [4.78, 5) is 12.6. The van der Waals surface area contributed by atoms with E-state index < -0.39 is 9.84 Å². The van der Waals surface area contributed by atoms with Gasteiger partial charge < -0.3 is 5.32 Å². The first kappa shape index (κ1) is 19.0. The van der Waals surface area contributed by atoms with Crippen LogP contribution in [0.1, 0.15) is 29.7 Å². The third kappa shape index (κ3) is 4.89. The van der Waals surface area contributed by atoms with Crippen LogP contribution in [0.3, 0.4) is 0 Å². The number of rotatable bonds is 6. The largest absolute Gasteiger partial charge is 0.351 e. The molecule has 1 aliphatic rings. The van der Waals surface area contributed by atoms with E-state index in [1.165, 1.54) is 0 Å². The van der Waals surface area contributed by atoms with Crippen LogP contribution in [0, 0.1) is 0 Å². The third-order valence-corrected chi connectivity index (χ3v) is 7.70. The molecule has 1 saturated heterocycles. The second-order valence-electron chi connectivity index (χ2n) is 6.59. The van der Waals surface area contributed by atoms with Gasteiger partial charge in [-0.25, -0.2) is 8.42 Å². The van der Waals surface area contributed by atoms with Crippen LogP contribution in [0.2, 0.25) is 0 Å². The fourth-order valence-corrected chi connectivity index (χ4v) is 6.00. The highest BCUT2D eigenvalue weighted by molar-refractivity contribution is 8.01. The monoisotopic (exact) mass is 389 g/mol. The second kappa shape index (κ2) is 8.27. The first-order chi connectivity index (χ1) is 12.4. The highest BCUT2D eigenvalue weighted by atomic mass is 32.2. The van der Waals surface area contributed by atoms with E-state index in [1.54, 1.807) is 11.8 Å². The summed E-state index contributed by atoms with van der Waals surface area (Å²) < 4.78 is 23.2. The summed E-state index contributed by atoms with van der Waals surface area (Å²) in [6.07, 6.45) is 0.506. The highest BCUT2D eigenvalue weighted by Crippen LogP contribution is 2.38. The molecule has 1 fully saturated rings. The number of benzene rings is 2. The van der Waals surface area contributed by atoms with Crippen molar-refractivity contribution in [2.24, 2.45) is 0 Å². The van der Waals surface area contributed by atoms with E-state index in [0.29, 0.717) is 6.42 Å². The topological polar surface area (TPSA) is 63.2 Å². The normalized spacial score (nSPS) is 20.0. The molecule has 0 bridgehead atoms. The molecule has 2 atom stereocenters. The molecule has 1 amide bonds. The Bertz CT molecular complexity index is 798. The van der Waals surface area contributed by atoms with E-state index in [1.807, 2.05) is 43.3 Å². The average Bonchev–Trinajstić information content (AvgIpc) is 2.99. The molecule has 3 rings (SSSR count). The fourth-order valence-electron chi connectivity index (χ4n) is 3.10. The van der Waals surface area contributed by atoms with E-state index in [-0.39, 0.29) is 34.0 Å². The molecular formula is C20H23NO3S2. The van der Waals surface area contributed by atoms with Gasteiger partial charge in [-0.2, -0.15) is 0 Å². The average molecular weight is 390 g/mol. The third-order valence-electron chi connectivity index (χ3n) is 4.49. The van der Waals surface area contributed by atoms with Crippen molar-refractivity contribution in [2.45, 2.75) is 29.9 Å². The Labute approximate surface area is 159 Å². The molecular weight excluding hydrogens is 366 g/mol. The number of carbonyl (C=O) groups is 1. The van der Waals surface area contributed by atoms with Gasteiger partial charge in [-0.05, 0) is 24.5 Å². The van der Waals surface area contributed by atoms with Crippen LogP contribution in [-0.2, 0) is 14.6 Å². The number of thioether (sulfide) groups is 1. The Morgan fingerprint density at radius 3 is 2.04 bits per heavy atom. The van der Waals surface area contributed by atoms with Crippen molar-refractivity contribution in [1.29, 1.82) is 0 Å². The summed E-state index contributed by atoms with van der Waals surface area (Å²) in [7, 11) is -3.00. The number of sulfone groups is 1. The van der Waals surface area contributed by atoms with Gasteiger partial charge in [0, 0.05) is 6.04 Å². The Hall–Kier alpha value is -1.79. The van der Waals surface area contributed by atoms with Crippen molar-refractivity contribution in [3.63, 3.8) is 0 Å². The summed E-state index contributed by atoms with van der Waals surface area (Å²) in [5.74, 6) is 0.113. The predicted molar refractivity (Wildman–Crippen MR) is 107 cm³/mol. The zero-order valence-corrected chi connectivity index (χ0v) is 16.3. The molecule has 2 aromatic carbocycles. The van der Waals surface area contributed by atoms with E-state index in [0.717, 1.165) is 11.1 Å². The van der Waals surface area contributed by atoms with E-state index >= 15 is 0 Å². The highest BCUT2D eigenvalue weighted by Gasteiger charge is 2.31. The molecule has 1 aliphatic heterocycles. The number of carbonyl (C=O) groups excluding carboxylic acids is 1. The van der Waals surface area contributed by atoms with Gasteiger partial charge in [0.2, 0.25) is 5.91 Å². The first-order valence-electron chi connectivity index (χ1n) is 8.71. The van der Waals surface area contributed by atoms with Gasteiger partial charge in [-0.3, -0.25) is 4.79 Å². The van der Waals surface area contributed by atoms with Crippen LogP contribution in [-0.4, -0.2) is 37.1 Å². The Balaban J connectivity index is 1.71. The molecule has 26 heavy (non-hydrogen) atoms. The maximum atomic E-state index is 12.6. The molecule has 1 N–H and O–H groups in total. The molecule has 0 saturated carbocycles. The number of amides is 1. The molecule has 6 heteroatoms. The lowest BCUT2D eigenvalue weighted by Crippen LogP contribution is -2.40. The first-order valence-corrected chi connectivity index (χ1v) is 11.5. The molecule has 0 unspecified atom stereocenters. The lowest BCUT2D eigenvalue weighted by Gasteiger charge is -2.22. The fraction of sp³-hybridized carbons (Fsp3) is 0.350. The van der Waals surface area contributed by atoms with Crippen molar-refractivity contribution in [1.82, 2.24) is 5.32 Å². The number of hydrogen-bond donors (Lipinski definition) is 1. The van der Waals surface area contributed by atoms with Crippen LogP contribution in [0.4, 0.5) is 0 Å². The molecule has 0 spiro atoms. The molecule has 0 aromatic heterocycles. The summed E-state index contributed by atoms with van der Waals surface area (Å²) in [6.45, 7) is 1.88. The van der Waals surface area contributed by atoms with Crippen molar-refractivity contribution in [2.75, 3.05) is 11.5 Å². The Kier molecular flexibility index (Phi) is 6.04. The molecule has 138 valence electrons. The van der Waals surface area contributed by atoms with Crippen LogP contribution < -0.4 is 5.32 Å². The van der Waals surface area contributed by atoms with Gasteiger partial charge in [-0.15, -0.1) is 11.8 Å². The van der Waals surface area contributed by atoms with Crippen molar-refractivity contribution >= 4 is 27.5 Å². The molecule has 1 heterocycles. The lowest BCUT2D eigenvalue weighted by molar-refractivity contribution is -0.120. The zero-order chi connectivity index (χ0) is 18.6. The van der Waals surface area contributed by atoms with Crippen LogP contribution in [0.5, 0.6) is 0 Å². The lowest BCUT2D eigenvalue weighted by atomic mass is 10.0. The SMILES string of the molecule is C[C@H](SC(c1ccccc1)c1ccccc1)C(=O)N[C@H]1CCS(=O)(=O)C1. The standard InChI is InChI=1S/C20H23NO3S2/c1-15(20(22)21-18-12-13-26(23,24)14-18)25-19(16-8-4-2-5-9-16)17-10-6-3-7-11-17/h2-11,15,18-19H,12-14H2,1H3,(H,21,22)/t15-,18-/m0/s1. The van der Waals surface area contributed by atoms with E-state index in [9.17, 15) is 13.2 Å². The van der Waals surface area contributed by atoms with E-state index in [2.05, 4.69) is 29.6 Å². The van der Waals surface area contributed by atoms with Crippen LogP contribution in [0.25, 0.3) is 0 Å². The maximum Gasteiger partial charge on any atom is 0.233 e. The quantitative estimate of drug-likeness (QED) is 0.824. The van der Waals surface area contributed by atoms with Crippen LogP contribution in [0.15, 0.2) is 60.7 Å². The minimum absolute atomic E-state index is 0.0467. The smallest absolute Gasteiger partial charge is 0.233 e. The minimum Gasteiger partial charge on any atom is -0.351 e. The number of hydrogen-bond acceptors (Lipinski definition) is 4. The summed E-state index contributed by atoms with van der Waals surface area (Å²) >= 11 is 1.58. The van der Waals surface area contributed by atoms with Gasteiger partial charge in [0.15, 0.2) is 9.84 Å². The van der Waals surface area contributed by atoms with Crippen molar-refractivity contribution < 1.29 is 13.2 Å². The van der Waals surface area contributed by atoms with Gasteiger partial charge in [0.25, 0.3) is 0 Å². The maximum absolute atomic E-state index is 12.6. The van der Waals surface area contributed by atoms with Gasteiger partial charge in [0.05, 0.1) is 22.0 Å². The van der Waals surface area contributed by atoms with E-state index in [4.69, 9.17) is 0 Å².